The molecule has 132 valence electrons. The number of benzene rings is 2. The molecule has 25 heavy (non-hydrogen) atoms. The second-order valence-electron chi connectivity index (χ2n) is 5.55. The first-order valence-electron chi connectivity index (χ1n) is 7.43. The van der Waals surface area contributed by atoms with Crippen LogP contribution in [-0.2, 0) is 4.79 Å². The molecule has 0 saturated carbocycles. The van der Waals surface area contributed by atoms with Gasteiger partial charge in [0.25, 0.3) is 0 Å². The third kappa shape index (κ3) is 5.31. The van der Waals surface area contributed by atoms with E-state index in [0.29, 0.717) is 10.2 Å². The average Bonchev–Trinajstić information content (AvgIpc) is 2.55. The zero-order valence-corrected chi connectivity index (χ0v) is 16.8. The molecule has 0 radical (unpaired) electrons. The molecule has 0 spiro atoms. The van der Waals surface area contributed by atoms with E-state index in [2.05, 4.69) is 31.9 Å². The van der Waals surface area contributed by atoms with Crippen molar-refractivity contribution < 1.29 is 24.2 Å². The van der Waals surface area contributed by atoms with Crippen LogP contribution in [0.3, 0.4) is 0 Å². The molecule has 2 aromatic carbocycles. The highest BCUT2D eigenvalue weighted by molar-refractivity contribution is 9.10. The predicted molar refractivity (Wildman–Crippen MR) is 100 cm³/mol. The van der Waals surface area contributed by atoms with Gasteiger partial charge in [0.2, 0.25) is 0 Å². The van der Waals surface area contributed by atoms with E-state index in [4.69, 9.17) is 9.47 Å². The largest absolute Gasteiger partial charge is 0.482 e. The highest BCUT2D eigenvalue weighted by atomic mass is 79.9. The summed E-state index contributed by atoms with van der Waals surface area (Å²) in [6, 6.07) is 9.92. The predicted octanol–water partition coefficient (Wildman–Crippen LogP) is 5.02. The molecular weight excluding hydrogens is 456 g/mol. The summed E-state index contributed by atoms with van der Waals surface area (Å²) in [6.07, 6.45) is 0. The fourth-order valence-electron chi connectivity index (χ4n) is 2.15. The van der Waals surface area contributed by atoms with Crippen molar-refractivity contribution in [1.29, 1.82) is 0 Å². The zero-order chi connectivity index (χ0) is 18.6. The van der Waals surface area contributed by atoms with Crippen LogP contribution in [0.5, 0.6) is 11.5 Å². The van der Waals surface area contributed by atoms with E-state index in [-0.39, 0.29) is 23.8 Å². The van der Waals surface area contributed by atoms with E-state index in [9.17, 15) is 14.7 Å². The molecule has 0 fully saturated rings. The molecule has 7 heteroatoms. The Hall–Kier alpha value is -1.86. The monoisotopic (exact) mass is 470 g/mol. The molecule has 5 nitrogen and oxygen atoms in total. The van der Waals surface area contributed by atoms with Gasteiger partial charge >= 0.3 is 11.9 Å². The highest BCUT2D eigenvalue weighted by Crippen LogP contribution is 2.29. The fraction of sp³-hybridized carbons (Fsp3) is 0.222. The number of rotatable bonds is 6. The third-order valence-electron chi connectivity index (χ3n) is 3.34. The molecule has 0 saturated heterocycles. The van der Waals surface area contributed by atoms with Crippen LogP contribution in [0.25, 0.3) is 0 Å². The van der Waals surface area contributed by atoms with Crippen LogP contribution in [0.4, 0.5) is 0 Å². The second-order valence-corrected chi connectivity index (χ2v) is 7.38. The number of carbonyl (C=O) groups excluding carboxylic acids is 1. The zero-order valence-electron chi connectivity index (χ0n) is 13.6. The van der Waals surface area contributed by atoms with Gasteiger partial charge in [0.1, 0.15) is 17.1 Å². The van der Waals surface area contributed by atoms with E-state index in [1.54, 1.807) is 12.1 Å². The number of carboxylic acids is 1. The van der Waals surface area contributed by atoms with Crippen molar-refractivity contribution in [3.63, 3.8) is 0 Å². The van der Waals surface area contributed by atoms with Crippen LogP contribution in [-0.4, -0.2) is 23.7 Å². The summed E-state index contributed by atoms with van der Waals surface area (Å²) in [7, 11) is 0. The van der Waals surface area contributed by atoms with Crippen molar-refractivity contribution in [2.45, 2.75) is 19.8 Å². The number of aromatic carboxylic acids is 1. The molecule has 2 rings (SSSR count). The molecule has 0 aliphatic heterocycles. The van der Waals surface area contributed by atoms with Gasteiger partial charge in [0, 0.05) is 8.95 Å². The van der Waals surface area contributed by atoms with Crippen LogP contribution in [0, 0.1) is 0 Å². The Morgan fingerprint density at radius 3 is 2.24 bits per heavy atom. The minimum absolute atomic E-state index is 0.0239. The van der Waals surface area contributed by atoms with Gasteiger partial charge in [-0.25, -0.2) is 9.59 Å². The first-order valence-corrected chi connectivity index (χ1v) is 9.02. The molecular formula is C18H16Br2O5. The number of hydrogen-bond donors (Lipinski definition) is 1. The third-order valence-corrected chi connectivity index (χ3v) is 4.32. The van der Waals surface area contributed by atoms with Crippen molar-refractivity contribution in [3.05, 3.63) is 56.5 Å². The lowest BCUT2D eigenvalue weighted by Gasteiger charge is -2.14. The van der Waals surface area contributed by atoms with Crippen LogP contribution in [0.1, 0.15) is 35.7 Å². The van der Waals surface area contributed by atoms with Crippen LogP contribution in [0.2, 0.25) is 0 Å². The van der Waals surface area contributed by atoms with Gasteiger partial charge in [-0.05, 0) is 47.9 Å². The summed E-state index contributed by atoms with van der Waals surface area (Å²) in [5, 5.41) is 9.19. The Balaban J connectivity index is 2.09. The van der Waals surface area contributed by atoms with Crippen LogP contribution in [0.15, 0.2) is 45.3 Å². The van der Waals surface area contributed by atoms with E-state index in [1.807, 2.05) is 26.0 Å². The smallest absolute Gasteiger partial charge is 0.349 e. The quantitative estimate of drug-likeness (QED) is 0.473. The summed E-state index contributed by atoms with van der Waals surface area (Å²) in [6.45, 7) is 3.72. The van der Waals surface area contributed by atoms with E-state index < -0.39 is 11.9 Å². The molecule has 2 aromatic rings. The van der Waals surface area contributed by atoms with E-state index in [1.165, 1.54) is 12.1 Å². The van der Waals surface area contributed by atoms with Gasteiger partial charge in [0.05, 0.1) is 0 Å². The average molecular weight is 472 g/mol. The Kier molecular flexibility index (Phi) is 6.61. The standard InChI is InChI=1S/C18H16Br2O5/c1-10(2)13-7-11(19)3-5-15(13)24-9-17(21)25-16-6-4-12(20)8-14(16)18(22)23/h3-8,10H,9H2,1-2H3,(H,22,23). The molecule has 0 heterocycles. The molecule has 1 N–H and O–H groups in total. The van der Waals surface area contributed by atoms with Gasteiger partial charge in [-0.1, -0.05) is 45.7 Å². The summed E-state index contributed by atoms with van der Waals surface area (Å²) in [5.74, 6) is -1.08. The van der Waals surface area contributed by atoms with E-state index >= 15 is 0 Å². The maximum atomic E-state index is 12.0. The van der Waals surface area contributed by atoms with Crippen molar-refractivity contribution >= 4 is 43.8 Å². The number of ether oxygens (including phenoxy) is 2. The number of carboxylic acid groups (broad SMARTS) is 1. The second kappa shape index (κ2) is 8.49. The number of esters is 1. The maximum absolute atomic E-state index is 12.0. The minimum atomic E-state index is -1.18. The van der Waals surface area contributed by atoms with Crippen molar-refractivity contribution in [2.75, 3.05) is 6.61 Å². The van der Waals surface area contributed by atoms with Crippen molar-refractivity contribution in [3.8, 4) is 11.5 Å². The summed E-state index contributed by atoms with van der Waals surface area (Å²) in [4.78, 5) is 23.3. The van der Waals surface area contributed by atoms with Crippen molar-refractivity contribution in [2.24, 2.45) is 0 Å². The first kappa shape index (κ1) is 19.5. The molecule has 0 aromatic heterocycles. The van der Waals surface area contributed by atoms with Crippen molar-refractivity contribution in [1.82, 2.24) is 0 Å². The summed E-state index contributed by atoms with van der Waals surface area (Å²) >= 11 is 6.60. The van der Waals surface area contributed by atoms with Gasteiger partial charge < -0.3 is 14.6 Å². The van der Waals surface area contributed by atoms with Gasteiger partial charge in [0.15, 0.2) is 6.61 Å². The molecule has 0 aliphatic carbocycles. The van der Waals surface area contributed by atoms with Gasteiger partial charge in [-0.2, -0.15) is 0 Å². The minimum Gasteiger partial charge on any atom is -0.482 e. The number of hydrogen-bond acceptors (Lipinski definition) is 4. The molecule has 0 aliphatic rings. The lowest BCUT2D eigenvalue weighted by Crippen LogP contribution is -2.19. The molecule has 0 unspecified atom stereocenters. The number of halogens is 2. The Morgan fingerprint density at radius 1 is 1.04 bits per heavy atom. The van der Waals surface area contributed by atoms with Gasteiger partial charge in [-0.3, -0.25) is 0 Å². The molecule has 0 atom stereocenters. The lowest BCUT2D eigenvalue weighted by atomic mass is 10.0. The summed E-state index contributed by atoms with van der Waals surface area (Å²) in [5.41, 5.74) is 0.853. The summed E-state index contributed by atoms with van der Waals surface area (Å²) < 4.78 is 12.2. The Morgan fingerprint density at radius 2 is 1.64 bits per heavy atom. The normalized spacial score (nSPS) is 10.6. The fourth-order valence-corrected chi connectivity index (χ4v) is 2.89. The topological polar surface area (TPSA) is 72.8 Å². The molecule has 0 amide bonds. The van der Waals surface area contributed by atoms with Crippen LogP contribution < -0.4 is 9.47 Å². The van der Waals surface area contributed by atoms with Gasteiger partial charge in [-0.15, -0.1) is 0 Å². The lowest BCUT2D eigenvalue weighted by molar-refractivity contribution is -0.136. The number of carbonyl (C=O) groups is 2. The SMILES string of the molecule is CC(C)c1cc(Br)ccc1OCC(=O)Oc1ccc(Br)cc1C(=O)O. The Bertz CT molecular complexity index is 802. The first-order chi connectivity index (χ1) is 11.8. The highest BCUT2D eigenvalue weighted by Gasteiger charge is 2.16. The van der Waals surface area contributed by atoms with Crippen LogP contribution >= 0.6 is 31.9 Å². The Labute approximate surface area is 162 Å². The molecule has 0 bridgehead atoms. The maximum Gasteiger partial charge on any atom is 0.349 e. The van der Waals surface area contributed by atoms with E-state index in [0.717, 1.165) is 10.0 Å².